The molecule has 0 radical (unpaired) electrons. The number of pyridine rings is 2. The Morgan fingerprint density at radius 1 is 0.864 bits per heavy atom. The number of carboxylic acids is 2. The van der Waals surface area contributed by atoms with E-state index in [1.54, 1.807) is 24.8 Å². The molecule has 0 unspecified atom stereocenters. The number of rotatable bonds is 5. The third kappa shape index (κ3) is 8.10. The molecular weight excluding hydrogens is 288 g/mol. The van der Waals surface area contributed by atoms with E-state index in [1.165, 1.54) is 0 Å². The second-order valence-electron chi connectivity index (χ2n) is 3.91. The topological polar surface area (TPSA) is 125 Å². The highest BCUT2D eigenvalue weighted by Crippen LogP contribution is 2.14. The van der Waals surface area contributed by atoms with Gasteiger partial charge in [-0.25, -0.2) is 0 Å². The lowest BCUT2D eigenvalue weighted by atomic mass is 10.3. The van der Waals surface area contributed by atoms with Crippen molar-refractivity contribution in [2.75, 3.05) is 0 Å². The molecule has 2 heterocycles. The van der Waals surface area contributed by atoms with Gasteiger partial charge in [0.25, 0.3) is 0 Å². The highest BCUT2D eigenvalue weighted by Gasteiger charge is 2.00. The maximum atomic E-state index is 9.64. The van der Waals surface area contributed by atoms with Crippen LogP contribution >= 0.6 is 0 Å². The standard InChI is InChI=1S/C10H8N4.C4H6O4/c1-3-9(7-11-5-1)13-14-10-4-2-6-12-8-10;5-3(6)1-2-4(7)8/h1-8H;1-2H2,(H,5,6)(H,7,8). The summed E-state index contributed by atoms with van der Waals surface area (Å²) >= 11 is 0. The zero-order valence-corrected chi connectivity index (χ0v) is 11.5. The Bertz CT molecular complexity index is 562. The minimum absolute atomic E-state index is 0.296. The van der Waals surface area contributed by atoms with Crippen molar-refractivity contribution in [3.63, 3.8) is 0 Å². The molecule has 0 amide bonds. The van der Waals surface area contributed by atoms with Crippen molar-refractivity contribution in [1.82, 2.24) is 9.97 Å². The molecule has 0 aliphatic carbocycles. The quantitative estimate of drug-likeness (QED) is 0.818. The highest BCUT2D eigenvalue weighted by molar-refractivity contribution is 5.75. The van der Waals surface area contributed by atoms with Crippen molar-refractivity contribution in [3.8, 4) is 0 Å². The van der Waals surface area contributed by atoms with Gasteiger partial charge in [0.15, 0.2) is 0 Å². The van der Waals surface area contributed by atoms with E-state index in [9.17, 15) is 9.59 Å². The SMILES string of the molecule is O=C(O)CCC(=O)O.c1cncc(N=Nc2cccnc2)c1. The molecule has 0 bridgehead atoms. The fourth-order valence-electron chi connectivity index (χ4n) is 1.16. The van der Waals surface area contributed by atoms with Crippen LogP contribution in [0.25, 0.3) is 0 Å². The number of carbonyl (C=O) groups is 2. The van der Waals surface area contributed by atoms with Crippen LogP contribution in [0.1, 0.15) is 12.8 Å². The Balaban J connectivity index is 0.000000261. The first kappa shape index (κ1) is 16.9. The van der Waals surface area contributed by atoms with Crippen LogP contribution in [-0.2, 0) is 9.59 Å². The molecule has 2 N–H and O–H groups in total. The smallest absolute Gasteiger partial charge is 0.303 e. The number of hydrogen-bond acceptors (Lipinski definition) is 6. The monoisotopic (exact) mass is 302 g/mol. The van der Waals surface area contributed by atoms with Crippen LogP contribution in [0.3, 0.4) is 0 Å². The summed E-state index contributed by atoms with van der Waals surface area (Å²) in [6, 6.07) is 7.31. The van der Waals surface area contributed by atoms with Gasteiger partial charge in [-0.15, -0.1) is 10.2 Å². The van der Waals surface area contributed by atoms with E-state index in [1.807, 2.05) is 24.3 Å². The summed E-state index contributed by atoms with van der Waals surface area (Å²) in [5.74, 6) is -2.15. The lowest BCUT2D eigenvalue weighted by molar-refractivity contribution is -0.143. The molecule has 22 heavy (non-hydrogen) atoms. The molecule has 0 aromatic carbocycles. The Hall–Kier alpha value is -3.16. The molecule has 0 fully saturated rings. The van der Waals surface area contributed by atoms with E-state index in [4.69, 9.17) is 10.2 Å². The van der Waals surface area contributed by atoms with Crippen molar-refractivity contribution in [2.24, 2.45) is 10.2 Å². The van der Waals surface area contributed by atoms with E-state index in [0.717, 1.165) is 11.4 Å². The Labute approximate surface area is 126 Å². The number of carboxylic acid groups (broad SMARTS) is 2. The molecule has 0 aliphatic heterocycles. The fraction of sp³-hybridized carbons (Fsp3) is 0.143. The van der Waals surface area contributed by atoms with Crippen molar-refractivity contribution in [3.05, 3.63) is 49.1 Å². The normalized spacial score (nSPS) is 9.82. The molecule has 0 saturated heterocycles. The highest BCUT2D eigenvalue weighted by atomic mass is 16.4. The number of hydrogen-bond donors (Lipinski definition) is 2. The van der Waals surface area contributed by atoms with Gasteiger partial charge in [0, 0.05) is 12.4 Å². The van der Waals surface area contributed by atoms with Crippen LogP contribution in [0.5, 0.6) is 0 Å². The minimum Gasteiger partial charge on any atom is -0.481 e. The van der Waals surface area contributed by atoms with E-state index in [-0.39, 0.29) is 12.8 Å². The van der Waals surface area contributed by atoms with Gasteiger partial charge in [-0.3, -0.25) is 19.6 Å². The van der Waals surface area contributed by atoms with Gasteiger partial charge in [0.1, 0.15) is 11.4 Å². The summed E-state index contributed by atoms with van der Waals surface area (Å²) in [4.78, 5) is 27.1. The molecule has 2 aromatic rings. The molecule has 8 nitrogen and oxygen atoms in total. The molecule has 0 aliphatic rings. The van der Waals surface area contributed by atoms with Gasteiger partial charge in [-0.2, -0.15) is 0 Å². The average molecular weight is 302 g/mol. The van der Waals surface area contributed by atoms with Crippen LogP contribution in [0, 0.1) is 0 Å². The van der Waals surface area contributed by atoms with Gasteiger partial charge >= 0.3 is 11.9 Å². The molecule has 0 saturated carbocycles. The average Bonchev–Trinajstić information content (AvgIpc) is 2.54. The van der Waals surface area contributed by atoms with Crippen LogP contribution < -0.4 is 0 Å². The Morgan fingerprint density at radius 2 is 1.27 bits per heavy atom. The zero-order chi connectivity index (χ0) is 16.2. The lowest BCUT2D eigenvalue weighted by Gasteiger charge is -1.90. The van der Waals surface area contributed by atoms with Gasteiger partial charge in [0.2, 0.25) is 0 Å². The Morgan fingerprint density at radius 3 is 1.55 bits per heavy atom. The number of nitrogens with zero attached hydrogens (tertiary/aromatic N) is 4. The van der Waals surface area contributed by atoms with Crippen LogP contribution in [0.4, 0.5) is 11.4 Å². The maximum Gasteiger partial charge on any atom is 0.303 e. The molecular formula is C14H14N4O4. The van der Waals surface area contributed by atoms with Gasteiger partial charge in [-0.05, 0) is 24.3 Å². The van der Waals surface area contributed by atoms with E-state index >= 15 is 0 Å². The molecule has 0 atom stereocenters. The minimum atomic E-state index is -1.08. The van der Waals surface area contributed by atoms with Crippen molar-refractivity contribution < 1.29 is 19.8 Å². The number of aliphatic carboxylic acids is 2. The zero-order valence-electron chi connectivity index (χ0n) is 11.5. The summed E-state index contributed by atoms with van der Waals surface area (Å²) < 4.78 is 0. The van der Waals surface area contributed by atoms with Gasteiger partial charge < -0.3 is 10.2 Å². The second-order valence-corrected chi connectivity index (χ2v) is 3.91. The van der Waals surface area contributed by atoms with Gasteiger partial charge in [0.05, 0.1) is 25.2 Å². The van der Waals surface area contributed by atoms with Crippen molar-refractivity contribution >= 4 is 23.3 Å². The molecule has 0 spiro atoms. The lowest BCUT2D eigenvalue weighted by Crippen LogP contribution is -2.00. The van der Waals surface area contributed by atoms with Gasteiger partial charge in [-0.1, -0.05) is 0 Å². The summed E-state index contributed by atoms with van der Waals surface area (Å²) in [6.45, 7) is 0. The number of azo groups is 1. The third-order valence-corrected chi connectivity index (χ3v) is 2.13. The van der Waals surface area contributed by atoms with Crippen LogP contribution in [0.15, 0.2) is 59.3 Å². The van der Waals surface area contributed by atoms with E-state index < -0.39 is 11.9 Å². The third-order valence-electron chi connectivity index (χ3n) is 2.13. The van der Waals surface area contributed by atoms with E-state index in [0.29, 0.717) is 0 Å². The summed E-state index contributed by atoms with van der Waals surface area (Å²) in [5, 5.41) is 23.8. The Kier molecular flexibility index (Phi) is 7.45. The fourth-order valence-corrected chi connectivity index (χ4v) is 1.16. The second kappa shape index (κ2) is 9.70. The van der Waals surface area contributed by atoms with Crippen molar-refractivity contribution in [2.45, 2.75) is 12.8 Å². The molecule has 2 aromatic heterocycles. The predicted molar refractivity (Wildman–Crippen MR) is 77.2 cm³/mol. The first-order valence-corrected chi connectivity index (χ1v) is 6.23. The van der Waals surface area contributed by atoms with Crippen molar-refractivity contribution in [1.29, 1.82) is 0 Å². The predicted octanol–water partition coefficient (Wildman–Crippen LogP) is 2.83. The first-order valence-electron chi connectivity index (χ1n) is 6.23. The molecule has 8 heteroatoms. The molecule has 114 valence electrons. The largest absolute Gasteiger partial charge is 0.481 e. The number of aromatic nitrogens is 2. The first-order chi connectivity index (χ1) is 10.6. The van der Waals surface area contributed by atoms with E-state index in [2.05, 4.69) is 20.2 Å². The summed E-state index contributed by atoms with van der Waals surface area (Å²) in [5.41, 5.74) is 1.47. The summed E-state index contributed by atoms with van der Waals surface area (Å²) in [7, 11) is 0. The van der Waals surface area contributed by atoms with Crippen LogP contribution in [-0.4, -0.2) is 32.1 Å². The summed E-state index contributed by atoms with van der Waals surface area (Å²) in [6.07, 6.45) is 6.11. The van der Waals surface area contributed by atoms with Crippen LogP contribution in [0.2, 0.25) is 0 Å². The maximum absolute atomic E-state index is 9.64. The molecule has 2 rings (SSSR count).